The Labute approximate surface area is 144 Å². The Morgan fingerprint density at radius 2 is 2.04 bits per heavy atom. The number of hydrogen-bond acceptors (Lipinski definition) is 4. The smallest absolute Gasteiger partial charge is 0.330 e. The molecule has 0 fully saturated rings. The van der Waals surface area contributed by atoms with Gasteiger partial charge in [-0.3, -0.25) is 4.79 Å². The Bertz CT molecular complexity index is 680. The van der Waals surface area contributed by atoms with E-state index < -0.39 is 17.0 Å². The molecule has 0 aromatic heterocycles. The van der Waals surface area contributed by atoms with E-state index in [0.717, 1.165) is 0 Å². The first-order chi connectivity index (χ1) is 11.1. The van der Waals surface area contributed by atoms with E-state index in [1.54, 1.807) is 32.9 Å². The third-order valence-corrected chi connectivity index (χ3v) is 4.57. The third kappa shape index (κ3) is 4.04. The van der Waals surface area contributed by atoms with Crippen molar-refractivity contribution < 1.29 is 19.4 Å². The van der Waals surface area contributed by atoms with Crippen LogP contribution in [-0.2, 0) is 14.3 Å². The monoisotopic (exact) mass is 330 g/mol. The number of allylic oxidation sites excluding steroid dienone is 3. The van der Waals surface area contributed by atoms with Crippen LogP contribution in [0.1, 0.15) is 47.5 Å². The highest BCUT2D eigenvalue weighted by Gasteiger charge is 2.49. The number of esters is 1. The summed E-state index contributed by atoms with van der Waals surface area (Å²) < 4.78 is 4.59. The molecule has 0 aromatic carbocycles. The van der Waals surface area contributed by atoms with E-state index in [9.17, 15) is 14.7 Å². The summed E-state index contributed by atoms with van der Waals surface area (Å²) in [7, 11) is 1.31. The van der Waals surface area contributed by atoms with Crippen LogP contribution < -0.4 is 0 Å². The second-order valence-corrected chi connectivity index (χ2v) is 6.70. The van der Waals surface area contributed by atoms with Crippen LogP contribution in [-0.4, -0.2) is 29.6 Å². The number of methoxy groups -OCH3 is 1. The lowest BCUT2D eigenvalue weighted by atomic mass is 9.62. The summed E-state index contributed by atoms with van der Waals surface area (Å²) in [4.78, 5) is 23.7. The van der Waals surface area contributed by atoms with E-state index >= 15 is 0 Å². The summed E-state index contributed by atoms with van der Waals surface area (Å²) in [5.74, 6) is 5.27. The Kier molecular flexibility index (Phi) is 6.34. The molecule has 0 unspecified atom stereocenters. The fourth-order valence-electron chi connectivity index (χ4n) is 2.89. The molecule has 1 aliphatic rings. The van der Waals surface area contributed by atoms with Gasteiger partial charge in [0.1, 0.15) is 5.60 Å². The van der Waals surface area contributed by atoms with E-state index in [0.29, 0.717) is 23.1 Å². The summed E-state index contributed by atoms with van der Waals surface area (Å²) in [5, 5.41) is 11.3. The number of ketones is 1. The normalized spacial score (nSPS) is 24.0. The minimum atomic E-state index is -1.28. The van der Waals surface area contributed by atoms with Crippen molar-refractivity contribution in [3.63, 3.8) is 0 Å². The predicted molar refractivity (Wildman–Crippen MR) is 94.0 cm³/mol. The van der Waals surface area contributed by atoms with Gasteiger partial charge in [-0.05, 0) is 38.0 Å². The molecule has 0 saturated heterocycles. The second-order valence-electron chi connectivity index (χ2n) is 6.70. The van der Waals surface area contributed by atoms with Gasteiger partial charge in [0.25, 0.3) is 0 Å². The lowest BCUT2D eigenvalue weighted by molar-refractivity contribution is -0.134. The minimum absolute atomic E-state index is 0.0279. The fraction of sp³-hybridized carbons (Fsp3) is 0.500. The molecule has 0 amide bonds. The molecule has 0 bridgehead atoms. The van der Waals surface area contributed by atoms with E-state index in [2.05, 4.69) is 16.6 Å². The topological polar surface area (TPSA) is 63.6 Å². The molecule has 4 nitrogen and oxygen atoms in total. The van der Waals surface area contributed by atoms with Crippen LogP contribution >= 0.6 is 0 Å². The lowest BCUT2D eigenvalue weighted by Gasteiger charge is -2.45. The maximum Gasteiger partial charge on any atom is 0.330 e. The fourth-order valence-corrected chi connectivity index (χ4v) is 2.89. The molecule has 1 rings (SSSR count). The quantitative estimate of drug-likeness (QED) is 0.372. The van der Waals surface area contributed by atoms with Gasteiger partial charge in [0, 0.05) is 29.9 Å². The molecule has 0 heterocycles. The molecule has 4 heteroatoms. The van der Waals surface area contributed by atoms with Crippen LogP contribution in [0.25, 0.3) is 0 Å². The third-order valence-electron chi connectivity index (χ3n) is 4.57. The Balaban J connectivity index is 3.34. The number of Topliss-reactive ketones (excluding diaryl/α,β-unsaturated/α-hetero) is 1. The van der Waals surface area contributed by atoms with Gasteiger partial charge in [-0.25, -0.2) is 4.79 Å². The van der Waals surface area contributed by atoms with Crippen LogP contribution in [0.3, 0.4) is 0 Å². The molecule has 0 radical (unpaired) electrons. The highest BCUT2D eigenvalue weighted by atomic mass is 16.5. The molecule has 130 valence electrons. The number of carbonyl (C=O) groups excluding carboxylic acids is 2. The van der Waals surface area contributed by atoms with Crippen molar-refractivity contribution >= 4 is 11.8 Å². The van der Waals surface area contributed by atoms with Gasteiger partial charge < -0.3 is 9.84 Å². The van der Waals surface area contributed by atoms with Crippen molar-refractivity contribution in [1.82, 2.24) is 0 Å². The molecule has 0 spiro atoms. The van der Waals surface area contributed by atoms with Gasteiger partial charge in [-0.15, -0.1) is 5.92 Å². The summed E-state index contributed by atoms with van der Waals surface area (Å²) in [6, 6.07) is 0. The summed E-state index contributed by atoms with van der Waals surface area (Å²) >= 11 is 0. The van der Waals surface area contributed by atoms with Crippen molar-refractivity contribution in [2.45, 2.75) is 53.1 Å². The summed E-state index contributed by atoms with van der Waals surface area (Å²) in [5.41, 5.74) is -0.0827. The number of carbonyl (C=O) groups is 2. The standard InChI is InChI=1S/C20H26O4/c1-7-8-9-16-15(3)20(23,19(4,5)13-17(16)21)11-10-14(2)12-18(22)24-6/h10-12,23H,9,13H2,1-6H3/b11-10+,14-12-/t20-/m1/s1. The average Bonchev–Trinajstić information content (AvgIpc) is 2.50. The molecular formula is C20H26O4. The van der Waals surface area contributed by atoms with Crippen LogP contribution in [0.15, 0.2) is 34.9 Å². The molecule has 1 N–H and O–H groups in total. The Morgan fingerprint density at radius 3 is 2.58 bits per heavy atom. The highest BCUT2D eigenvalue weighted by molar-refractivity contribution is 5.98. The molecule has 1 atom stereocenters. The zero-order valence-corrected chi connectivity index (χ0v) is 15.3. The van der Waals surface area contributed by atoms with Crippen LogP contribution in [0.5, 0.6) is 0 Å². The predicted octanol–water partition coefficient (Wildman–Crippen LogP) is 3.12. The number of aliphatic hydroxyl groups is 1. The van der Waals surface area contributed by atoms with Crippen LogP contribution in [0.2, 0.25) is 0 Å². The van der Waals surface area contributed by atoms with Gasteiger partial charge in [0.15, 0.2) is 5.78 Å². The lowest BCUT2D eigenvalue weighted by Crippen LogP contribution is -2.49. The van der Waals surface area contributed by atoms with Crippen molar-refractivity contribution in [1.29, 1.82) is 0 Å². The molecule has 0 saturated carbocycles. The summed E-state index contributed by atoms with van der Waals surface area (Å²) in [6.45, 7) is 8.97. The largest absolute Gasteiger partial charge is 0.466 e. The van der Waals surface area contributed by atoms with E-state index in [4.69, 9.17) is 0 Å². The maximum absolute atomic E-state index is 12.4. The van der Waals surface area contributed by atoms with Gasteiger partial charge in [-0.2, -0.15) is 0 Å². The highest BCUT2D eigenvalue weighted by Crippen LogP contribution is 2.47. The number of ether oxygens (including phenoxy) is 1. The number of rotatable bonds is 4. The van der Waals surface area contributed by atoms with Gasteiger partial charge >= 0.3 is 5.97 Å². The zero-order valence-electron chi connectivity index (χ0n) is 15.3. The molecular weight excluding hydrogens is 304 g/mol. The second kappa shape index (κ2) is 7.63. The van der Waals surface area contributed by atoms with Gasteiger partial charge in [0.2, 0.25) is 0 Å². The van der Waals surface area contributed by atoms with Gasteiger partial charge in [0.05, 0.1) is 7.11 Å². The SMILES string of the molecule is CC#CCC1=C(C)[C@](O)(/C=C/C(C)=C\C(=O)OC)C(C)(C)CC1=O. The molecule has 24 heavy (non-hydrogen) atoms. The maximum atomic E-state index is 12.4. The first-order valence-corrected chi connectivity index (χ1v) is 7.90. The number of hydrogen-bond donors (Lipinski definition) is 1. The Morgan fingerprint density at radius 1 is 1.42 bits per heavy atom. The molecule has 0 aromatic rings. The van der Waals surface area contributed by atoms with E-state index in [1.165, 1.54) is 13.2 Å². The first kappa shape index (κ1) is 19.9. The van der Waals surface area contributed by atoms with Crippen molar-refractivity contribution in [3.05, 3.63) is 34.9 Å². The van der Waals surface area contributed by atoms with Crippen LogP contribution in [0.4, 0.5) is 0 Å². The zero-order chi connectivity index (χ0) is 18.5. The first-order valence-electron chi connectivity index (χ1n) is 7.90. The average molecular weight is 330 g/mol. The molecule has 1 aliphatic carbocycles. The van der Waals surface area contributed by atoms with Gasteiger partial charge in [-0.1, -0.05) is 25.8 Å². The minimum Gasteiger partial charge on any atom is -0.466 e. The van der Waals surface area contributed by atoms with Crippen molar-refractivity contribution in [2.75, 3.05) is 7.11 Å². The van der Waals surface area contributed by atoms with Crippen LogP contribution in [0, 0.1) is 17.3 Å². The van der Waals surface area contributed by atoms with Crippen molar-refractivity contribution in [3.8, 4) is 11.8 Å². The van der Waals surface area contributed by atoms with E-state index in [1.807, 2.05) is 13.8 Å². The van der Waals surface area contributed by atoms with Crippen molar-refractivity contribution in [2.24, 2.45) is 5.41 Å². The van der Waals surface area contributed by atoms with E-state index in [-0.39, 0.29) is 12.2 Å². The summed E-state index contributed by atoms with van der Waals surface area (Å²) in [6.07, 6.45) is 5.27. The molecule has 0 aliphatic heterocycles. The Hall–Kier alpha value is -2.12.